The van der Waals surface area contributed by atoms with Crippen LogP contribution in [0.4, 0.5) is 0 Å². The lowest BCUT2D eigenvalue weighted by Gasteiger charge is -2.08. The summed E-state index contributed by atoms with van der Waals surface area (Å²) >= 11 is 9.72. The minimum atomic E-state index is -0.400. The lowest BCUT2D eigenvalue weighted by molar-refractivity contribution is -0.145. The van der Waals surface area contributed by atoms with Crippen molar-refractivity contribution in [2.24, 2.45) is 0 Å². The van der Waals surface area contributed by atoms with Crippen LogP contribution in [-0.2, 0) is 9.53 Å². The summed E-state index contributed by atoms with van der Waals surface area (Å²) in [6, 6.07) is 5.21. The number of thiol groups is 1. The van der Waals surface area contributed by atoms with Gasteiger partial charge in [-0.3, -0.25) is 0 Å². The molecule has 0 amide bonds. The summed E-state index contributed by atoms with van der Waals surface area (Å²) in [4.78, 5) is 11.1. The van der Waals surface area contributed by atoms with E-state index >= 15 is 0 Å². The van der Waals surface area contributed by atoms with Gasteiger partial charge < -0.3 is 9.47 Å². The number of aryl methyl sites for hydroxylation is 1. The summed E-state index contributed by atoms with van der Waals surface area (Å²) in [5.41, 5.74) is 0.884. The molecule has 1 rings (SSSR count). The van der Waals surface area contributed by atoms with Crippen molar-refractivity contribution < 1.29 is 14.3 Å². The number of halogens is 1. The summed E-state index contributed by atoms with van der Waals surface area (Å²) in [6.07, 6.45) is 0. The third kappa shape index (κ3) is 4.33. The number of benzene rings is 1. The maximum absolute atomic E-state index is 11.1. The fourth-order valence-corrected chi connectivity index (χ4v) is 1.43. The van der Waals surface area contributed by atoms with Gasteiger partial charge in [0.2, 0.25) is 0 Å². The Bertz CT molecular complexity index is 368. The molecule has 0 bridgehead atoms. The molecule has 0 spiro atoms. The normalized spacial score (nSPS) is 9.94. The molecule has 0 fully saturated rings. The van der Waals surface area contributed by atoms with Gasteiger partial charge >= 0.3 is 5.97 Å². The van der Waals surface area contributed by atoms with Crippen molar-refractivity contribution in [3.05, 3.63) is 28.8 Å². The number of carbonyl (C=O) groups excluding carboxylic acids is 1. The van der Waals surface area contributed by atoms with Crippen LogP contribution in [0.1, 0.15) is 5.56 Å². The van der Waals surface area contributed by atoms with Gasteiger partial charge in [0, 0.05) is 10.8 Å². The Morgan fingerprint density at radius 3 is 2.88 bits per heavy atom. The first-order chi connectivity index (χ1) is 7.63. The van der Waals surface area contributed by atoms with Gasteiger partial charge in [-0.2, -0.15) is 12.6 Å². The molecule has 0 heterocycles. The molecular formula is C11H13ClO3S. The van der Waals surface area contributed by atoms with Crippen molar-refractivity contribution in [3.8, 4) is 5.75 Å². The standard InChI is InChI=1S/C11H13ClO3S/c1-8-6-9(12)2-3-10(8)15-7-11(13)14-4-5-16/h2-3,6,16H,4-5,7H2,1H3. The molecule has 0 atom stereocenters. The van der Waals surface area contributed by atoms with Crippen LogP contribution in [0.25, 0.3) is 0 Å². The highest BCUT2D eigenvalue weighted by Gasteiger charge is 2.05. The van der Waals surface area contributed by atoms with Gasteiger partial charge in [0.1, 0.15) is 12.4 Å². The van der Waals surface area contributed by atoms with E-state index in [2.05, 4.69) is 12.6 Å². The van der Waals surface area contributed by atoms with E-state index in [0.717, 1.165) is 5.56 Å². The van der Waals surface area contributed by atoms with Gasteiger partial charge in [-0.05, 0) is 30.7 Å². The van der Waals surface area contributed by atoms with Crippen LogP contribution in [0, 0.1) is 6.92 Å². The summed E-state index contributed by atoms with van der Waals surface area (Å²) in [6.45, 7) is 2.06. The Labute approximate surface area is 105 Å². The number of ether oxygens (including phenoxy) is 2. The van der Waals surface area contributed by atoms with E-state index in [1.165, 1.54) is 0 Å². The molecule has 3 nitrogen and oxygen atoms in total. The van der Waals surface area contributed by atoms with Crippen LogP contribution in [0.5, 0.6) is 5.75 Å². The smallest absolute Gasteiger partial charge is 0.344 e. The molecule has 0 unspecified atom stereocenters. The Kier molecular flexibility index (Phi) is 5.49. The number of esters is 1. The number of hydrogen-bond donors (Lipinski definition) is 1. The van der Waals surface area contributed by atoms with E-state index in [1.807, 2.05) is 6.92 Å². The van der Waals surface area contributed by atoms with Gasteiger partial charge in [-0.25, -0.2) is 4.79 Å². The second kappa shape index (κ2) is 6.66. The molecule has 5 heteroatoms. The zero-order chi connectivity index (χ0) is 12.0. The monoisotopic (exact) mass is 260 g/mol. The minimum Gasteiger partial charge on any atom is -0.482 e. The van der Waals surface area contributed by atoms with E-state index in [-0.39, 0.29) is 6.61 Å². The number of hydrogen-bond acceptors (Lipinski definition) is 4. The van der Waals surface area contributed by atoms with Crippen molar-refractivity contribution in [1.82, 2.24) is 0 Å². The Morgan fingerprint density at radius 2 is 2.25 bits per heavy atom. The van der Waals surface area contributed by atoms with Gasteiger partial charge in [-0.1, -0.05) is 11.6 Å². The van der Waals surface area contributed by atoms with E-state index < -0.39 is 5.97 Å². The van der Waals surface area contributed by atoms with E-state index in [0.29, 0.717) is 23.1 Å². The first kappa shape index (κ1) is 13.2. The molecule has 1 aromatic carbocycles. The van der Waals surface area contributed by atoms with Crippen LogP contribution in [-0.4, -0.2) is 24.9 Å². The average molecular weight is 261 g/mol. The first-order valence-corrected chi connectivity index (χ1v) is 5.80. The minimum absolute atomic E-state index is 0.101. The largest absolute Gasteiger partial charge is 0.482 e. The van der Waals surface area contributed by atoms with Crippen LogP contribution in [0.2, 0.25) is 5.02 Å². The molecule has 0 saturated heterocycles. The third-order valence-electron chi connectivity index (χ3n) is 1.84. The predicted octanol–water partition coefficient (Wildman–Crippen LogP) is 2.50. The van der Waals surface area contributed by atoms with Crippen molar-refractivity contribution >= 4 is 30.2 Å². The van der Waals surface area contributed by atoms with Gasteiger partial charge in [0.15, 0.2) is 6.61 Å². The fraction of sp³-hybridized carbons (Fsp3) is 0.364. The first-order valence-electron chi connectivity index (χ1n) is 4.79. The second-order valence-corrected chi connectivity index (χ2v) is 4.03. The topological polar surface area (TPSA) is 35.5 Å². The maximum atomic E-state index is 11.1. The molecule has 0 aromatic heterocycles. The molecule has 88 valence electrons. The van der Waals surface area contributed by atoms with E-state index in [4.69, 9.17) is 21.1 Å². The average Bonchev–Trinajstić information content (AvgIpc) is 2.25. The van der Waals surface area contributed by atoms with Crippen molar-refractivity contribution in [2.75, 3.05) is 19.0 Å². The lowest BCUT2D eigenvalue weighted by Crippen LogP contribution is -2.16. The highest BCUT2D eigenvalue weighted by atomic mass is 35.5. The van der Waals surface area contributed by atoms with Crippen LogP contribution >= 0.6 is 24.2 Å². The molecular weight excluding hydrogens is 248 g/mol. The van der Waals surface area contributed by atoms with Gasteiger partial charge in [-0.15, -0.1) is 0 Å². The van der Waals surface area contributed by atoms with Crippen LogP contribution < -0.4 is 4.74 Å². The summed E-state index contributed by atoms with van der Waals surface area (Å²) in [7, 11) is 0. The molecule has 0 aliphatic rings. The Morgan fingerprint density at radius 1 is 1.50 bits per heavy atom. The zero-order valence-electron chi connectivity index (χ0n) is 8.90. The molecule has 0 aliphatic heterocycles. The summed E-state index contributed by atoms with van der Waals surface area (Å²) in [5, 5.41) is 0.641. The Hall–Kier alpha value is -0.870. The van der Waals surface area contributed by atoms with E-state index in [9.17, 15) is 4.79 Å². The predicted molar refractivity (Wildman–Crippen MR) is 66.5 cm³/mol. The zero-order valence-corrected chi connectivity index (χ0v) is 10.6. The molecule has 0 N–H and O–H groups in total. The summed E-state index contributed by atoms with van der Waals surface area (Å²) < 4.78 is 10.1. The molecule has 0 radical (unpaired) electrons. The summed E-state index contributed by atoms with van der Waals surface area (Å²) in [5.74, 6) is 0.738. The lowest BCUT2D eigenvalue weighted by atomic mass is 10.2. The van der Waals surface area contributed by atoms with Gasteiger partial charge in [0.05, 0.1) is 0 Å². The molecule has 0 aliphatic carbocycles. The fourth-order valence-electron chi connectivity index (χ4n) is 1.11. The SMILES string of the molecule is Cc1cc(Cl)ccc1OCC(=O)OCCS. The number of rotatable bonds is 5. The Balaban J connectivity index is 2.45. The maximum Gasteiger partial charge on any atom is 0.344 e. The van der Waals surface area contributed by atoms with Gasteiger partial charge in [0.25, 0.3) is 0 Å². The number of carbonyl (C=O) groups is 1. The second-order valence-electron chi connectivity index (χ2n) is 3.14. The van der Waals surface area contributed by atoms with Crippen LogP contribution in [0.15, 0.2) is 18.2 Å². The highest BCUT2D eigenvalue weighted by Crippen LogP contribution is 2.21. The highest BCUT2D eigenvalue weighted by molar-refractivity contribution is 7.80. The van der Waals surface area contributed by atoms with E-state index in [1.54, 1.807) is 18.2 Å². The molecule has 1 aromatic rings. The van der Waals surface area contributed by atoms with Crippen molar-refractivity contribution in [3.63, 3.8) is 0 Å². The van der Waals surface area contributed by atoms with Crippen molar-refractivity contribution in [1.29, 1.82) is 0 Å². The third-order valence-corrected chi connectivity index (χ3v) is 2.25. The van der Waals surface area contributed by atoms with Crippen molar-refractivity contribution in [2.45, 2.75) is 6.92 Å². The molecule has 0 saturated carbocycles. The molecule has 16 heavy (non-hydrogen) atoms. The van der Waals surface area contributed by atoms with Crippen LogP contribution in [0.3, 0.4) is 0 Å². The quantitative estimate of drug-likeness (QED) is 0.653.